The largest absolute Gasteiger partial charge is 0.508 e. The lowest BCUT2D eigenvalue weighted by Gasteiger charge is -1.92. The molecule has 1 aromatic carbocycles. The predicted molar refractivity (Wildman–Crippen MR) is 58.2 cm³/mol. The summed E-state index contributed by atoms with van der Waals surface area (Å²) in [4.78, 5) is 0. The average Bonchev–Trinajstić information content (AvgIpc) is 2.77. The molecule has 0 bridgehead atoms. The minimum atomic E-state index is 0.00588. The van der Waals surface area contributed by atoms with Crippen LogP contribution in [0.25, 0.3) is 0 Å². The molecule has 0 fully saturated rings. The van der Waals surface area contributed by atoms with E-state index in [-0.39, 0.29) is 12.4 Å². The highest BCUT2D eigenvalue weighted by Crippen LogP contribution is 2.18. The van der Waals surface area contributed by atoms with Gasteiger partial charge in [-0.2, -0.15) is 0 Å². The number of aliphatic hydroxyl groups excluding tert-OH is 1. The fourth-order valence-electron chi connectivity index (χ4n) is 1.25. The Labute approximate surface area is 97.1 Å². The van der Waals surface area contributed by atoms with Crippen LogP contribution in [0.1, 0.15) is 0 Å². The van der Waals surface area contributed by atoms with Crippen LogP contribution in [0.4, 0.5) is 11.6 Å². The maximum Gasteiger partial charge on any atom is 0.401 e. The Hall–Kier alpha value is -2.28. The van der Waals surface area contributed by atoms with E-state index in [1.807, 2.05) is 0 Å². The lowest BCUT2D eigenvalue weighted by Crippen LogP contribution is -2.33. The van der Waals surface area contributed by atoms with E-state index in [0.717, 1.165) is 0 Å². The lowest BCUT2D eigenvalue weighted by atomic mass is 10.3. The highest BCUT2D eigenvalue weighted by Gasteiger charge is 2.09. The van der Waals surface area contributed by atoms with Crippen molar-refractivity contribution >= 4 is 11.6 Å². The van der Waals surface area contributed by atoms with E-state index in [9.17, 15) is 0 Å². The summed E-state index contributed by atoms with van der Waals surface area (Å²) in [6.45, 7) is 0.409. The van der Waals surface area contributed by atoms with Crippen molar-refractivity contribution in [2.45, 2.75) is 6.54 Å². The summed E-state index contributed by atoms with van der Waals surface area (Å²) in [5, 5.41) is 32.3. The molecular formula is C10H12N5O2+. The quantitative estimate of drug-likeness (QED) is 0.539. The highest BCUT2D eigenvalue weighted by molar-refractivity contribution is 5.40. The minimum absolute atomic E-state index is 0.00588. The second-order valence-electron chi connectivity index (χ2n) is 3.31. The van der Waals surface area contributed by atoms with E-state index < -0.39 is 0 Å². The van der Waals surface area contributed by atoms with Crippen molar-refractivity contribution in [2.24, 2.45) is 10.2 Å². The summed E-state index contributed by atoms with van der Waals surface area (Å²) < 4.78 is 1.64. The van der Waals surface area contributed by atoms with Crippen LogP contribution in [0.2, 0.25) is 0 Å². The van der Waals surface area contributed by atoms with Crippen molar-refractivity contribution in [1.29, 1.82) is 0 Å². The van der Waals surface area contributed by atoms with Gasteiger partial charge in [0.2, 0.25) is 6.33 Å². The molecule has 0 radical (unpaired) electrons. The van der Waals surface area contributed by atoms with Gasteiger partial charge < -0.3 is 10.2 Å². The van der Waals surface area contributed by atoms with Gasteiger partial charge in [-0.3, -0.25) is 0 Å². The molecule has 0 saturated heterocycles. The van der Waals surface area contributed by atoms with E-state index in [1.54, 1.807) is 16.7 Å². The number of aromatic hydroxyl groups is 1. The van der Waals surface area contributed by atoms with Gasteiger partial charge in [-0.05, 0) is 29.4 Å². The van der Waals surface area contributed by atoms with Gasteiger partial charge in [0.1, 0.15) is 5.75 Å². The molecule has 1 aromatic heterocycles. The van der Waals surface area contributed by atoms with Gasteiger partial charge >= 0.3 is 5.95 Å². The zero-order valence-corrected chi connectivity index (χ0v) is 8.98. The first-order valence-electron chi connectivity index (χ1n) is 5.04. The lowest BCUT2D eigenvalue weighted by molar-refractivity contribution is -0.685. The molecule has 0 amide bonds. The van der Waals surface area contributed by atoms with E-state index in [2.05, 4.69) is 20.4 Å². The van der Waals surface area contributed by atoms with Crippen LogP contribution < -0.4 is 4.57 Å². The number of aromatic amines is 1. The summed E-state index contributed by atoms with van der Waals surface area (Å²) in [6, 6.07) is 6.35. The molecule has 7 heteroatoms. The van der Waals surface area contributed by atoms with Crippen LogP contribution in [0.15, 0.2) is 40.8 Å². The van der Waals surface area contributed by atoms with Crippen LogP contribution in [-0.2, 0) is 6.54 Å². The number of rotatable bonds is 4. The zero-order valence-electron chi connectivity index (χ0n) is 8.98. The van der Waals surface area contributed by atoms with Crippen molar-refractivity contribution in [3.8, 4) is 5.75 Å². The molecule has 88 valence electrons. The number of benzene rings is 1. The molecule has 2 rings (SSSR count). The number of nitrogens with one attached hydrogen (secondary N) is 1. The third-order valence-corrected chi connectivity index (χ3v) is 2.08. The van der Waals surface area contributed by atoms with Crippen LogP contribution in [0, 0.1) is 0 Å². The third-order valence-electron chi connectivity index (χ3n) is 2.08. The Kier molecular flexibility index (Phi) is 3.41. The third kappa shape index (κ3) is 2.85. The first-order chi connectivity index (χ1) is 8.29. The van der Waals surface area contributed by atoms with E-state index >= 15 is 0 Å². The summed E-state index contributed by atoms with van der Waals surface area (Å²) in [6.07, 6.45) is 1.53. The Morgan fingerprint density at radius 1 is 1.24 bits per heavy atom. The zero-order chi connectivity index (χ0) is 12.1. The maximum absolute atomic E-state index is 9.10. The highest BCUT2D eigenvalue weighted by atomic mass is 16.3. The number of phenolic OH excluding ortho intramolecular Hbond substituents is 1. The normalized spacial score (nSPS) is 11.1. The van der Waals surface area contributed by atoms with Crippen molar-refractivity contribution in [3.05, 3.63) is 30.6 Å². The molecule has 0 atom stereocenters. The molecule has 0 saturated carbocycles. The SMILES string of the molecule is OCC[n+]1cn[nH]c1N=Nc1ccc(O)cc1. The first-order valence-corrected chi connectivity index (χ1v) is 5.04. The maximum atomic E-state index is 9.10. The number of H-pyrrole nitrogens is 1. The topological polar surface area (TPSA) is 97.7 Å². The van der Waals surface area contributed by atoms with E-state index in [4.69, 9.17) is 10.2 Å². The Morgan fingerprint density at radius 2 is 2.00 bits per heavy atom. The molecule has 3 N–H and O–H groups in total. The van der Waals surface area contributed by atoms with Crippen molar-refractivity contribution in [2.75, 3.05) is 6.61 Å². The summed E-state index contributed by atoms with van der Waals surface area (Å²) >= 11 is 0. The van der Waals surface area contributed by atoms with Crippen molar-refractivity contribution in [3.63, 3.8) is 0 Å². The molecule has 2 aromatic rings. The minimum Gasteiger partial charge on any atom is -0.508 e. The molecule has 0 aliphatic heterocycles. The van der Waals surface area contributed by atoms with Gasteiger partial charge in [0, 0.05) is 5.11 Å². The van der Waals surface area contributed by atoms with E-state index in [1.165, 1.54) is 18.5 Å². The van der Waals surface area contributed by atoms with Crippen molar-refractivity contribution < 1.29 is 14.8 Å². The van der Waals surface area contributed by atoms with Gasteiger partial charge in [-0.1, -0.05) is 5.11 Å². The molecule has 7 nitrogen and oxygen atoms in total. The van der Waals surface area contributed by atoms with Crippen LogP contribution in [-0.4, -0.2) is 27.0 Å². The Morgan fingerprint density at radius 3 is 2.71 bits per heavy atom. The van der Waals surface area contributed by atoms with Crippen LogP contribution >= 0.6 is 0 Å². The Balaban J connectivity index is 2.14. The molecule has 0 aliphatic rings. The number of nitrogens with zero attached hydrogens (tertiary/aromatic N) is 4. The molecule has 0 spiro atoms. The summed E-state index contributed by atoms with van der Waals surface area (Å²) in [7, 11) is 0. The number of aromatic nitrogens is 3. The number of hydrogen-bond donors (Lipinski definition) is 3. The van der Waals surface area contributed by atoms with Gasteiger partial charge in [0.25, 0.3) is 0 Å². The number of aliphatic hydroxyl groups is 1. The smallest absolute Gasteiger partial charge is 0.401 e. The van der Waals surface area contributed by atoms with Gasteiger partial charge in [0.15, 0.2) is 0 Å². The fourth-order valence-corrected chi connectivity index (χ4v) is 1.25. The predicted octanol–water partition coefficient (Wildman–Crippen LogP) is 0.810. The van der Waals surface area contributed by atoms with Gasteiger partial charge in [-0.15, -0.1) is 5.10 Å². The van der Waals surface area contributed by atoms with Gasteiger partial charge in [0.05, 0.1) is 18.8 Å². The molecule has 0 aliphatic carbocycles. The number of azo groups is 1. The second kappa shape index (κ2) is 5.17. The molecule has 0 unspecified atom stereocenters. The summed E-state index contributed by atoms with van der Waals surface area (Å²) in [5.74, 6) is 0.632. The monoisotopic (exact) mass is 234 g/mol. The fraction of sp³-hybridized carbons (Fsp3) is 0.200. The standard InChI is InChI=1S/C10H11N5O2/c16-6-5-15-7-11-13-10(15)14-12-8-1-3-9(17)4-2-8/h1-4,7,16H,5-6H2,(H,13,14,17)/p+1. The van der Waals surface area contributed by atoms with Gasteiger partial charge in [-0.25, -0.2) is 4.57 Å². The van der Waals surface area contributed by atoms with Crippen LogP contribution in [0.5, 0.6) is 5.75 Å². The second-order valence-corrected chi connectivity index (χ2v) is 3.31. The average molecular weight is 234 g/mol. The number of phenols is 1. The first kappa shape index (κ1) is 11.2. The summed E-state index contributed by atoms with van der Waals surface area (Å²) in [5.41, 5.74) is 0.618. The van der Waals surface area contributed by atoms with E-state index in [0.29, 0.717) is 18.2 Å². The Bertz CT molecular complexity index is 506. The molecular weight excluding hydrogens is 222 g/mol. The molecule has 17 heavy (non-hydrogen) atoms. The molecule has 1 heterocycles. The number of hydrogen-bond acceptors (Lipinski definition) is 5. The van der Waals surface area contributed by atoms with Crippen LogP contribution in [0.3, 0.4) is 0 Å². The van der Waals surface area contributed by atoms with Crippen molar-refractivity contribution in [1.82, 2.24) is 10.2 Å².